The van der Waals surface area contributed by atoms with E-state index in [1.165, 1.54) is 50.2 Å². The van der Waals surface area contributed by atoms with Gasteiger partial charge in [0.1, 0.15) is 11.5 Å². The van der Waals surface area contributed by atoms with E-state index in [4.69, 9.17) is 16.6 Å². The molecule has 0 amide bonds. The molecule has 1 aliphatic carbocycles. The minimum absolute atomic E-state index is 0.239. The topological polar surface area (TPSA) is 81.5 Å². The second-order valence-electron chi connectivity index (χ2n) is 13.1. The molecular weight excluding hydrogens is 589 g/mol. The normalized spacial score (nSPS) is 22.2. The molecule has 0 spiro atoms. The van der Waals surface area contributed by atoms with E-state index < -0.39 is 5.82 Å². The van der Waals surface area contributed by atoms with E-state index in [-0.39, 0.29) is 12.1 Å². The molecule has 2 aromatic carbocycles. The van der Waals surface area contributed by atoms with Crippen LogP contribution >= 0.6 is 11.6 Å². The van der Waals surface area contributed by atoms with Gasteiger partial charge >= 0.3 is 0 Å². The quantitative estimate of drug-likeness (QED) is 0.213. The first-order chi connectivity index (χ1) is 22.0. The number of anilines is 2. The third-order valence-corrected chi connectivity index (χ3v) is 10.1. The number of nitrogens with one attached hydrogen (secondary N) is 2. The van der Waals surface area contributed by atoms with Gasteiger partial charge in [-0.05, 0) is 86.9 Å². The maximum Gasteiger partial charge on any atom is 0.229 e. The van der Waals surface area contributed by atoms with E-state index in [1.807, 2.05) is 6.20 Å². The van der Waals surface area contributed by atoms with E-state index in [0.717, 1.165) is 86.5 Å². The highest BCUT2D eigenvalue weighted by molar-refractivity contribution is 6.30. The molecule has 3 aliphatic rings. The second kappa shape index (κ2) is 13.7. The molecule has 0 radical (unpaired) electrons. The number of hydrogen-bond donors (Lipinski definition) is 3. The minimum Gasteiger partial charge on any atom is -0.393 e. The third kappa shape index (κ3) is 7.34. The summed E-state index contributed by atoms with van der Waals surface area (Å²) in [4.78, 5) is 14.7. The first kappa shape index (κ1) is 30.6. The lowest BCUT2D eigenvalue weighted by Gasteiger charge is -2.37. The molecule has 2 saturated heterocycles. The molecule has 2 aromatic heterocycles. The Morgan fingerprint density at radius 2 is 1.67 bits per heavy atom. The lowest BCUT2D eigenvalue weighted by Crippen LogP contribution is -2.48. The molecule has 0 atom stereocenters. The van der Waals surface area contributed by atoms with E-state index in [9.17, 15) is 9.50 Å². The van der Waals surface area contributed by atoms with Gasteiger partial charge in [0.15, 0.2) is 0 Å². The number of aromatic nitrogens is 3. The standard InChI is InChI=1S/C35H43ClFN7O/c36-27-17-28(37)19-29(18-27)40-35-39-20-32-33(23-44(34(32)41-35)30-5-7-31(45)8-6-30)26-3-1-24(2-4-26)21-42-13-15-43(16-14-42)22-25-9-11-38-12-10-25/h1-4,17-20,23,25,30-31,38,45H,5-16,21-22H2,(H,39,40,41). The van der Waals surface area contributed by atoms with Crippen LogP contribution in [-0.4, -0.2) is 81.4 Å². The van der Waals surface area contributed by atoms with Crippen molar-refractivity contribution in [1.29, 1.82) is 0 Å². The van der Waals surface area contributed by atoms with Crippen LogP contribution in [0.4, 0.5) is 16.0 Å². The molecule has 8 nitrogen and oxygen atoms in total. The van der Waals surface area contributed by atoms with Crippen LogP contribution in [0.3, 0.4) is 0 Å². The van der Waals surface area contributed by atoms with E-state index >= 15 is 0 Å². The number of benzene rings is 2. The van der Waals surface area contributed by atoms with E-state index in [2.05, 4.69) is 60.4 Å². The highest BCUT2D eigenvalue weighted by Crippen LogP contribution is 2.37. The maximum absolute atomic E-state index is 14.0. The van der Waals surface area contributed by atoms with Crippen LogP contribution in [0.1, 0.15) is 50.1 Å². The van der Waals surface area contributed by atoms with E-state index in [0.29, 0.717) is 16.7 Å². The molecule has 7 rings (SSSR count). The smallest absolute Gasteiger partial charge is 0.229 e. The Labute approximate surface area is 269 Å². The van der Waals surface area contributed by atoms with Crippen LogP contribution in [0.25, 0.3) is 22.2 Å². The monoisotopic (exact) mass is 631 g/mol. The molecule has 0 unspecified atom stereocenters. The van der Waals surface area contributed by atoms with Crippen LogP contribution in [0.5, 0.6) is 0 Å². The zero-order chi connectivity index (χ0) is 30.8. The van der Waals surface area contributed by atoms with E-state index in [1.54, 1.807) is 6.07 Å². The number of piperazine rings is 1. The van der Waals surface area contributed by atoms with Crippen LogP contribution in [-0.2, 0) is 6.54 Å². The number of fused-ring (bicyclic) bond motifs is 1. The largest absolute Gasteiger partial charge is 0.393 e. The zero-order valence-electron chi connectivity index (χ0n) is 25.8. The average molecular weight is 632 g/mol. The van der Waals surface area contributed by atoms with Gasteiger partial charge in [0.2, 0.25) is 5.95 Å². The van der Waals surface area contributed by atoms with Gasteiger partial charge in [-0.15, -0.1) is 0 Å². The van der Waals surface area contributed by atoms with Crippen molar-refractivity contribution in [3.8, 4) is 11.1 Å². The molecule has 2 aliphatic heterocycles. The van der Waals surface area contributed by atoms with Crippen molar-refractivity contribution < 1.29 is 9.50 Å². The number of piperidine rings is 1. The van der Waals surface area contributed by atoms with Crippen molar-refractivity contribution in [2.45, 2.75) is 57.2 Å². The highest BCUT2D eigenvalue weighted by atomic mass is 35.5. The summed E-state index contributed by atoms with van der Waals surface area (Å²) in [7, 11) is 0. The third-order valence-electron chi connectivity index (χ3n) is 9.86. The number of hydrogen-bond acceptors (Lipinski definition) is 7. The molecule has 1 saturated carbocycles. The van der Waals surface area contributed by atoms with Gasteiger partial charge in [0.25, 0.3) is 0 Å². The Bertz CT molecular complexity index is 1570. The summed E-state index contributed by atoms with van der Waals surface area (Å²) < 4.78 is 16.2. The molecule has 0 bridgehead atoms. The summed E-state index contributed by atoms with van der Waals surface area (Å²) >= 11 is 6.07. The summed E-state index contributed by atoms with van der Waals surface area (Å²) in [6.07, 6.45) is 9.76. The minimum atomic E-state index is -0.421. The molecule has 3 N–H and O–H groups in total. The fourth-order valence-electron chi connectivity index (χ4n) is 7.30. The summed E-state index contributed by atoms with van der Waals surface area (Å²) in [6.45, 7) is 9.10. The summed E-state index contributed by atoms with van der Waals surface area (Å²) in [6, 6.07) is 13.5. The Morgan fingerprint density at radius 3 is 2.40 bits per heavy atom. The first-order valence-electron chi connectivity index (χ1n) is 16.5. The first-order valence-corrected chi connectivity index (χ1v) is 16.9. The lowest BCUT2D eigenvalue weighted by molar-refractivity contribution is 0.107. The van der Waals surface area contributed by atoms with Crippen molar-refractivity contribution in [2.75, 3.05) is 51.1 Å². The van der Waals surface area contributed by atoms with Gasteiger partial charge in [-0.2, -0.15) is 4.98 Å². The summed E-state index contributed by atoms with van der Waals surface area (Å²) in [5, 5.41) is 18.0. The summed E-state index contributed by atoms with van der Waals surface area (Å²) in [5.74, 6) is 0.815. The fraction of sp³-hybridized carbons (Fsp3) is 0.486. The zero-order valence-corrected chi connectivity index (χ0v) is 26.5. The predicted octanol–water partition coefficient (Wildman–Crippen LogP) is 6.23. The number of nitrogens with zero attached hydrogens (tertiary/aromatic N) is 5. The Morgan fingerprint density at radius 1 is 0.933 bits per heavy atom. The van der Waals surface area contributed by atoms with Crippen molar-refractivity contribution in [1.82, 2.24) is 29.7 Å². The van der Waals surface area contributed by atoms with Gasteiger partial charge in [-0.1, -0.05) is 35.9 Å². The molecule has 238 valence electrons. The molecule has 3 fully saturated rings. The van der Waals surface area contributed by atoms with Crippen LogP contribution < -0.4 is 10.6 Å². The second-order valence-corrected chi connectivity index (χ2v) is 13.5. The summed E-state index contributed by atoms with van der Waals surface area (Å²) in [5.41, 5.74) is 4.88. The molecular formula is C35H43ClFN7O. The SMILES string of the molecule is OC1CCC(n2cc(-c3ccc(CN4CCN(CC5CCNCC5)CC4)cc3)c3cnc(Nc4cc(F)cc(Cl)c4)nc32)CC1. The van der Waals surface area contributed by atoms with Crippen molar-refractivity contribution in [3.63, 3.8) is 0 Å². The average Bonchev–Trinajstić information content (AvgIpc) is 3.42. The Hall–Kier alpha value is -3.08. The van der Waals surface area contributed by atoms with Gasteiger partial charge in [-0.3, -0.25) is 4.90 Å². The Balaban J connectivity index is 1.07. The molecule has 45 heavy (non-hydrogen) atoms. The van der Waals surface area contributed by atoms with Crippen molar-refractivity contribution in [3.05, 3.63) is 71.3 Å². The molecule has 10 heteroatoms. The molecule has 4 aromatic rings. The lowest BCUT2D eigenvalue weighted by atomic mass is 9.93. The van der Waals surface area contributed by atoms with Crippen LogP contribution in [0, 0.1) is 11.7 Å². The number of rotatable bonds is 8. The Kier molecular flexibility index (Phi) is 9.33. The van der Waals surface area contributed by atoms with Crippen molar-refractivity contribution in [2.24, 2.45) is 5.92 Å². The van der Waals surface area contributed by atoms with Crippen molar-refractivity contribution >= 4 is 34.3 Å². The van der Waals surface area contributed by atoms with Gasteiger partial charge in [0.05, 0.1) is 6.10 Å². The highest BCUT2D eigenvalue weighted by Gasteiger charge is 2.25. The maximum atomic E-state index is 14.0. The number of aliphatic hydroxyl groups excluding tert-OH is 1. The van der Waals surface area contributed by atoms with Crippen LogP contribution in [0.2, 0.25) is 5.02 Å². The van der Waals surface area contributed by atoms with Gasteiger partial charge in [-0.25, -0.2) is 9.37 Å². The van der Waals surface area contributed by atoms with Gasteiger partial charge in [0, 0.05) is 79.4 Å². The van der Waals surface area contributed by atoms with Crippen LogP contribution in [0.15, 0.2) is 54.9 Å². The fourth-order valence-corrected chi connectivity index (χ4v) is 7.52. The molecule has 4 heterocycles. The number of aliphatic hydroxyl groups is 1. The van der Waals surface area contributed by atoms with Gasteiger partial charge < -0.3 is 25.2 Å². The predicted molar refractivity (Wildman–Crippen MR) is 178 cm³/mol. The number of halogens is 2.